The molecular weight excluding hydrogens is 312 g/mol. The third-order valence-electron chi connectivity index (χ3n) is 3.66. The quantitative estimate of drug-likeness (QED) is 0.861. The molecule has 7 heteroatoms. The third-order valence-corrected chi connectivity index (χ3v) is 5.11. The molecule has 0 radical (unpaired) electrons. The minimum absolute atomic E-state index is 0.128. The first kappa shape index (κ1) is 14.5. The van der Waals surface area contributed by atoms with E-state index in [4.69, 9.17) is 16.3 Å². The number of nitrogens with one attached hydrogen (secondary N) is 1. The van der Waals surface area contributed by atoms with Crippen molar-refractivity contribution in [3.63, 3.8) is 0 Å². The molecule has 0 saturated carbocycles. The number of thioether (sulfide) groups is 1. The second-order valence-corrected chi connectivity index (χ2v) is 6.62. The fourth-order valence-corrected chi connectivity index (χ4v) is 3.95. The molecule has 0 aliphatic carbocycles. The highest BCUT2D eigenvalue weighted by Crippen LogP contribution is 2.33. The number of carbonyl (C=O) groups excluding carboxylic acids is 2. The number of hydrogen-bond donors (Lipinski definition) is 1. The van der Waals surface area contributed by atoms with Gasteiger partial charge in [0, 0.05) is 10.8 Å². The molecule has 21 heavy (non-hydrogen) atoms. The molecule has 1 unspecified atom stereocenters. The van der Waals surface area contributed by atoms with Crippen molar-refractivity contribution in [1.82, 2.24) is 10.2 Å². The first-order chi connectivity index (χ1) is 10.1. The van der Waals surface area contributed by atoms with Crippen LogP contribution in [0.3, 0.4) is 0 Å². The van der Waals surface area contributed by atoms with Gasteiger partial charge in [0.1, 0.15) is 17.9 Å². The number of nitrogens with zero attached hydrogens (tertiary/aromatic N) is 1. The summed E-state index contributed by atoms with van der Waals surface area (Å²) in [6.45, 7) is 0.518. The Balaban J connectivity index is 1.56. The molecule has 1 spiro atoms. The van der Waals surface area contributed by atoms with Crippen molar-refractivity contribution >= 4 is 35.3 Å². The Morgan fingerprint density at radius 2 is 2.10 bits per heavy atom. The molecule has 0 bridgehead atoms. The molecule has 2 fully saturated rings. The zero-order chi connectivity index (χ0) is 14.9. The summed E-state index contributed by atoms with van der Waals surface area (Å²) in [5, 5.41) is 3.47. The number of imide groups is 1. The van der Waals surface area contributed by atoms with Crippen molar-refractivity contribution in [3.8, 4) is 5.75 Å². The summed E-state index contributed by atoms with van der Waals surface area (Å²) in [6, 6.07) is 6.65. The lowest BCUT2D eigenvalue weighted by molar-refractivity contribution is -0.130. The smallest absolute Gasteiger partial charge is 0.325 e. The van der Waals surface area contributed by atoms with E-state index in [1.807, 2.05) is 0 Å². The standard InChI is InChI=1S/C14H15ClN2O3S/c15-10-1-3-11(4-2-10)20-7-6-17-12(18)14(16-13(17)19)5-8-21-9-14/h1-4H,5-9H2,(H,16,19). The number of benzene rings is 1. The van der Waals surface area contributed by atoms with Crippen molar-refractivity contribution < 1.29 is 14.3 Å². The van der Waals surface area contributed by atoms with Crippen LogP contribution in [0.15, 0.2) is 24.3 Å². The molecule has 3 rings (SSSR count). The van der Waals surface area contributed by atoms with E-state index in [2.05, 4.69) is 5.32 Å². The van der Waals surface area contributed by atoms with Crippen LogP contribution >= 0.6 is 23.4 Å². The van der Waals surface area contributed by atoms with Crippen LogP contribution in [0.4, 0.5) is 4.79 Å². The first-order valence-corrected chi connectivity index (χ1v) is 8.24. The average Bonchev–Trinajstić information content (AvgIpc) is 3.02. The van der Waals surface area contributed by atoms with Crippen LogP contribution in [0.2, 0.25) is 5.02 Å². The number of hydrogen-bond acceptors (Lipinski definition) is 4. The Labute approximate surface area is 132 Å². The minimum Gasteiger partial charge on any atom is -0.492 e. The Morgan fingerprint density at radius 3 is 2.76 bits per heavy atom. The molecule has 1 N–H and O–H groups in total. The lowest BCUT2D eigenvalue weighted by atomic mass is 9.99. The van der Waals surface area contributed by atoms with Gasteiger partial charge in [0.25, 0.3) is 5.91 Å². The van der Waals surface area contributed by atoms with Crippen LogP contribution in [0.5, 0.6) is 5.75 Å². The molecule has 2 aliphatic heterocycles. The van der Waals surface area contributed by atoms with Gasteiger partial charge in [-0.3, -0.25) is 9.69 Å². The van der Waals surface area contributed by atoms with E-state index >= 15 is 0 Å². The highest BCUT2D eigenvalue weighted by Gasteiger charge is 2.52. The Hall–Kier alpha value is -1.40. The van der Waals surface area contributed by atoms with Crippen molar-refractivity contribution in [1.29, 1.82) is 0 Å². The largest absolute Gasteiger partial charge is 0.492 e. The lowest BCUT2D eigenvalue weighted by Gasteiger charge is -2.19. The van der Waals surface area contributed by atoms with Gasteiger partial charge in [-0.05, 0) is 36.4 Å². The van der Waals surface area contributed by atoms with Gasteiger partial charge in [0.15, 0.2) is 0 Å². The number of halogens is 1. The summed E-state index contributed by atoms with van der Waals surface area (Å²) in [7, 11) is 0. The summed E-state index contributed by atoms with van der Waals surface area (Å²) in [4.78, 5) is 25.6. The van der Waals surface area contributed by atoms with Gasteiger partial charge < -0.3 is 10.1 Å². The van der Waals surface area contributed by atoms with Crippen molar-refractivity contribution in [2.45, 2.75) is 12.0 Å². The van der Waals surface area contributed by atoms with Crippen LogP contribution in [0.1, 0.15) is 6.42 Å². The maximum atomic E-state index is 12.4. The maximum Gasteiger partial charge on any atom is 0.325 e. The maximum absolute atomic E-state index is 12.4. The SMILES string of the molecule is O=C1NC2(CCSC2)C(=O)N1CCOc1ccc(Cl)cc1. The average molecular weight is 327 g/mol. The third kappa shape index (κ3) is 2.82. The van der Waals surface area contributed by atoms with Gasteiger partial charge in [-0.2, -0.15) is 11.8 Å². The number of urea groups is 1. The van der Waals surface area contributed by atoms with E-state index < -0.39 is 5.54 Å². The molecule has 1 atom stereocenters. The lowest BCUT2D eigenvalue weighted by Crippen LogP contribution is -2.47. The molecule has 0 aromatic heterocycles. The Bertz CT molecular complexity index is 558. The van der Waals surface area contributed by atoms with Gasteiger partial charge in [-0.25, -0.2) is 4.79 Å². The fraction of sp³-hybridized carbons (Fsp3) is 0.429. The monoisotopic (exact) mass is 326 g/mol. The molecule has 2 aliphatic rings. The van der Waals surface area contributed by atoms with Gasteiger partial charge in [0.05, 0.1) is 6.54 Å². The number of amides is 3. The summed E-state index contributed by atoms with van der Waals surface area (Å²) >= 11 is 7.49. The van der Waals surface area contributed by atoms with Crippen LogP contribution < -0.4 is 10.1 Å². The minimum atomic E-state index is -0.679. The zero-order valence-corrected chi connectivity index (χ0v) is 12.9. The summed E-state index contributed by atoms with van der Waals surface area (Å²) in [5.41, 5.74) is -0.679. The molecule has 1 aromatic rings. The van der Waals surface area contributed by atoms with E-state index in [1.165, 1.54) is 4.90 Å². The van der Waals surface area contributed by atoms with Crippen molar-refractivity contribution in [3.05, 3.63) is 29.3 Å². The Morgan fingerprint density at radius 1 is 1.33 bits per heavy atom. The summed E-state index contributed by atoms with van der Waals surface area (Å²) in [6.07, 6.45) is 0.705. The van der Waals surface area contributed by atoms with Crippen LogP contribution in [0, 0.1) is 0 Å². The van der Waals surface area contributed by atoms with Gasteiger partial charge in [0.2, 0.25) is 0 Å². The summed E-state index contributed by atoms with van der Waals surface area (Å²) < 4.78 is 5.53. The molecular formula is C14H15ClN2O3S. The fourth-order valence-electron chi connectivity index (χ4n) is 2.50. The van der Waals surface area contributed by atoms with E-state index in [0.717, 1.165) is 5.75 Å². The van der Waals surface area contributed by atoms with Gasteiger partial charge in [-0.1, -0.05) is 11.6 Å². The van der Waals surface area contributed by atoms with Crippen LogP contribution in [-0.2, 0) is 4.79 Å². The van der Waals surface area contributed by atoms with Gasteiger partial charge >= 0.3 is 6.03 Å². The van der Waals surface area contributed by atoms with Gasteiger partial charge in [-0.15, -0.1) is 0 Å². The molecule has 2 saturated heterocycles. The second kappa shape index (κ2) is 5.77. The number of ether oxygens (including phenoxy) is 1. The molecule has 2 heterocycles. The Kier molecular flexibility index (Phi) is 3.99. The molecule has 5 nitrogen and oxygen atoms in total. The molecule has 3 amide bonds. The molecule has 112 valence electrons. The van der Waals surface area contributed by atoms with E-state index in [-0.39, 0.29) is 25.1 Å². The number of rotatable bonds is 4. The second-order valence-electron chi connectivity index (χ2n) is 5.07. The zero-order valence-electron chi connectivity index (χ0n) is 11.3. The van der Waals surface area contributed by atoms with Crippen molar-refractivity contribution in [2.75, 3.05) is 24.7 Å². The first-order valence-electron chi connectivity index (χ1n) is 6.71. The van der Waals surface area contributed by atoms with E-state index in [0.29, 0.717) is 22.9 Å². The predicted octanol–water partition coefficient (Wildman–Crippen LogP) is 2.15. The van der Waals surface area contributed by atoms with Crippen LogP contribution in [-0.4, -0.2) is 47.0 Å². The van der Waals surface area contributed by atoms with Crippen molar-refractivity contribution in [2.24, 2.45) is 0 Å². The highest BCUT2D eigenvalue weighted by atomic mass is 35.5. The normalized spacial score (nSPS) is 24.7. The molecule has 1 aromatic carbocycles. The van der Waals surface area contributed by atoms with E-state index in [9.17, 15) is 9.59 Å². The predicted molar refractivity (Wildman–Crippen MR) is 81.9 cm³/mol. The topological polar surface area (TPSA) is 58.6 Å². The number of carbonyl (C=O) groups is 2. The highest BCUT2D eigenvalue weighted by molar-refractivity contribution is 7.99. The summed E-state index contributed by atoms with van der Waals surface area (Å²) in [5.74, 6) is 2.10. The van der Waals surface area contributed by atoms with E-state index in [1.54, 1.807) is 36.0 Å². The van der Waals surface area contributed by atoms with Crippen LogP contribution in [0.25, 0.3) is 0 Å².